The largest absolute Gasteiger partial charge is 0.416 e. The van der Waals surface area contributed by atoms with E-state index in [0.29, 0.717) is 17.7 Å². The first-order valence-electron chi connectivity index (χ1n) is 6.95. The first kappa shape index (κ1) is 15.9. The highest BCUT2D eigenvalue weighted by Crippen LogP contribution is 2.37. The maximum Gasteiger partial charge on any atom is 0.416 e. The average Bonchev–Trinajstić information content (AvgIpc) is 2.67. The summed E-state index contributed by atoms with van der Waals surface area (Å²) >= 11 is 0. The van der Waals surface area contributed by atoms with Crippen molar-refractivity contribution in [2.75, 3.05) is 13.6 Å². The molecule has 0 spiro atoms. The third kappa shape index (κ3) is 3.39. The molecule has 1 heterocycles. The van der Waals surface area contributed by atoms with E-state index in [2.05, 4.69) is 0 Å². The van der Waals surface area contributed by atoms with E-state index in [4.69, 9.17) is 0 Å². The Hall–Kier alpha value is -1.52. The summed E-state index contributed by atoms with van der Waals surface area (Å²) in [4.78, 5) is 13.2. The highest BCUT2D eigenvalue weighted by molar-refractivity contribution is 5.79. The Balaban J connectivity index is 2.48. The van der Waals surface area contributed by atoms with Crippen molar-refractivity contribution in [3.05, 3.63) is 34.9 Å². The van der Waals surface area contributed by atoms with Crippen LogP contribution in [0.4, 0.5) is 13.2 Å². The summed E-state index contributed by atoms with van der Waals surface area (Å²) < 4.78 is 39.3. The van der Waals surface area contributed by atoms with Gasteiger partial charge < -0.3 is 4.90 Å². The molecule has 21 heavy (non-hydrogen) atoms. The molecule has 0 radical (unpaired) electrons. The molecule has 1 saturated heterocycles. The van der Waals surface area contributed by atoms with E-state index in [0.717, 1.165) is 0 Å². The predicted molar refractivity (Wildman–Crippen MR) is 75.1 cm³/mol. The van der Waals surface area contributed by atoms with Crippen molar-refractivity contribution in [3.8, 4) is 0 Å². The molecule has 0 aromatic heterocycles. The van der Waals surface area contributed by atoms with Crippen LogP contribution in [0, 0.1) is 0 Å². The maximum absolute atomic E-state index is 13.1. The van der Waals surface area contributed by atoms with Crippen LogP contribution >= 0.6 is 0 Å². The summed E-state index contributed by atoms with van der Waals surface area (Å²) in [6, 6.07) is 4.21. The fraction of sp³-hybridized carbons (Fsp3) is 0.562. The second kappa shape index (κ2) is 5.04. The Kier molecular flexibility index (Phi) is 3.80. The minimum atomic E-state index is -4.37. The molecular weight excluding hydrogens is 279 g/mol. The third-order valence-corrected chi connectivity index (χ3v) is 3.96. The van der Waals surface area contributed by atoms with Crippen molar-refractivity contribution in [1.29, 1.82) is 0 Å². The molecule has 5 heteroatoms. The number of hydrogen-bond acceptors (Lipinski definition) is 1. The summed E-state index contributed by atoms with van der Waals surface area (Å²) in [6.07, 6.45) is -4.09. The molecule has 116 valence electrons. The molecular formula is C16H20F3NO. The number of alkyl halides is 3. The Morgan fingerprint density at radius 2 is 1.67 bits per heavy atom. The minimum Gasteiger partial charge on any atom is -0.345 e. The molecule has 0 saturated carbocycles. The first-order chi connectivity index (χ1) is 9.48. The smallest absolute Gasteiger partial charge is 0.345 e. The number of likely N-dealkylation sites (tertiary alicyclic amines) is 1. The van der Waals surface area contributed by atoms with Gasteiger partial charge in [-0.25, -0.2) is 0 Å². The summed E-state index contributed by atoms with van der Waals surface area (Å²) in [5.74, 6) is -0.180. The molecule has 1 unspecified atom stereocenters. The molecule has 1 aliphatic heterocycles. The van der Waals surface area contributed by atoms with Crippen molar-refractivity contribution in [1.82, 2.24) is 4.90 Å². The van der Waals surface area contributed by atoms with Crippen molar-refractivity contribution >= 4 is 5.91 Å². The van der Waals surface area contributed by atoms with Crippen LogP contribution in [-0.4, -0.2) is 24.4 Å². The fourth-order valence-electron chi connectivity index (χ4n) is 2.57. The number of likely N-dealkylation sites (N-methyl/N-ethyl adjacent to an activating group) is 1. The van der Waals surface area contributed by atoms with Crippen LogP contribution in [0.5, 0.6) is 0 Å². The van der Waals surface area contributed by atoms with Gasteiger partial charge >= 0.3 is 6.18 Å². The number of hydrogen-bond donors (Lipinski definition) is 0. The third-order valence-electron chi connectivity index (χ3n) is 3.96. The quantitative estimate of drug-likeness (QED) is 0.769. The number of carbonyl (C=O) groups excluding carboxylic acids is 1. The molecule has 1 amide bonds. The lowest BCUT2D eigenvalue weighted by Crippen LogP contribution is -2.19. The van der Waals surface area contributed by atoms with Gasteiger partial charge in [0.1, 0.15) is 0 Å². The average molecular weight is 299 g/mol. The summed E-state index contributed by atoms with van der Waals surface area (Å²) in [6.45, 7) is 6.14. The maximum atomic E-state index is 13.1. The van der Waals surface area contributed by atoms with E-state index in [-0.39, 0.29) is 23.7 Å². The van der Waals surface area contributed by atoms with Gasteiger partial charge in [0.15, 0.2) is 0 Å². The Labute approximate surface area is 122 Å². The molecule has 1 aliphatic rings. The number of carbonyl (C=O) groups is 1. The van der Waals surface area contributed by atoms with Gasteiger partial charge in [0.2, 0.25) is 5.91 Å². The zero-order valence-electron chi connectivity index (χ0n) is 12.7. The van der Waals surface area contributed by atoms with Crippen molar-refractivity contribution in [3.63, 3.8) is 0 Å². The zero-order valence-corrected chi connectivity index (χ0v) is 12.7. The number of benzene rings is 1. The normalized spacial score (nSPS) is 20.2. The molecule has 0 aliphatic carbocycles. The minimum absolute atomic E-state index is 0.0188. The molecule has 2 rings (SSSR count). The van der Waals surface area contributed by atoms with Crippen LogP contribution in [0.25, 0.3) is 0 Å². The molecule has 2 nitrogen and oxygen atoms in total. The molecule has 1 fully saturated rings. The molecule has 1 atom stereocenters. The zero-order chi connectivity index (χ0) is 16.0. The molecule has 0 bridgehead atoms. The Bertz CT molecular complexity index is 525. The summed E-state index contributed by atoms with van der Waals surface area (Å²) in [7, 11) is 1.68. The SMILES string of the molecule is CN1CC(c2cc(C(C)(C)C)cc(C(F)(F)F)c2)CC1=O. The van der Waals surface area contributed by atoms with Crippen LogP contribution in [-0.2, 0) is 16.4 Å². The molecule has 1 aromatic rings. The lowest BCUT2D eigenvalue weighted by molar-refractivity contribution is -0.137. The second-order valence-electron chi connectivity index (χ2n) is 6.77. The van der Waals surface area contributed by atoms with Gasteiger partial charge in [0.05, 0.1) is 5.56 Å². The van der Waals surface area contributed by atoms with E-state index in [1.807, 2.05) is 26.8 Å². The molecule has 0 N–H and O–H groups in total. The van der Waals surface area contributed by atoms with E-state index in [1.165, 1.54) is 12.1 Å². The van der Waals surface area contributed by atoms with E-state index in [9.17, 15) is 18.0 Å². The number of rotatable bonds is 1. The van der Waals surface area contributed by atoms with E-state index >= 15 is 0 Å². The predicted octanol–water partition coefficient (Wildman–Crippen LogP) is 3.95. The van der Waals surface area contributed by atoms with Crippen molar-refractivity contribution in [2.24, 2.45) is 0 Å². The van der Waals surface area contributed by atoms with Gasteiger partial charge in [-0.15, -0.1) is 0 Å². The summed E-state index contributed by atoms with van der Waals surface area (Å²) in [5.41, 5.74) is 0.249. The number of halogens is 3. The van der Waals surface area contributed by atoms with Gasteiger partial charge in [-0.2, -0.15) is 13.2 Å². The Morgan fingerprint density at radius 1 is 1.10 bits per heavy atom. The van der Waals surface area contributed by atoms with Crippen LogP contribution < -0.4 is 0 Å². The first-order valence-corrected chi connectivity index (χ1v) is 6.95. The van der Waals surface area contributed by atoms with E-state index < -0.39 is 11.7 Å². The second-order valence-corrected chi connectivity index (χ2v) is 6.77. The summed E-state index contributed by atoms with van der Waals surface area (Å²) in [5, 5.41) is 0. The van der Waals surface area contributed by atoms with Gasteiger partial charge in [-0.1, -0.05) is 26.8 Å². The van der Waals surface area contributed by atoms with Gasteiger partial charge in [-0.3, -0.25) is 4.79 Å². The fourth-order valence-corrected chi connectivity index (χ4v) is 2.57. The highest BCUT2D eigenvalue weighted by Gasteiger charge is 2.35. The van der Waals surface area contributed by atoms with Crippen molar-refractivity contribution < 1.29 is 18.0 Å². The topological polar surface area (TPSA) is 20.3 Å². The lowest BCUT2D eigenvalue weighted by Gasteiger charge is -2.23. The van der Waals surface area contributed by atoms with Gasteiger partial charge in [0, 0.05) is 25.9 Å². The van der Waals surface area contributed by atoms with E-state index in [1.54, 1.807) is 11.9 Å². The van der Waals surface area contributed by atoms with Crippen LogP contribution in [0.3, 0.4) is 0 Å². The van der Waals surface area contributed by atoms with Gasteiger partial charge in [-0.05, 0) is 28.7 Å². The number of amides is 1. The van der Waals surface area contributed by atoms with Crippen LogP contribution in [0.1, 0.15) is 49.8 Å². The monoisotopic (exact) mass is 299 g/mol. The standard InChI is InChI=1S/C16H20F3NO/c1-15(2,3)12-5-10(6-13(8-12)16(17,18)19)11-7-14(21)20(4)9-11/h5-6,8,11H,7,9H2,1-4H3. The van der Waals surface area contributed by atoms with Crippen LogP contribution in [0.2, 0.25) is 0 Å². The van der Waals surface area contributed by atoms with Gasteiger partial charge in [0.25, 0.3) is 0 Å². The Morgan fingerprint density at radius 3 is 2.10 bits per heavy atom. The van der Waals surface area contributed by atoms with Crippen LogP contribution in [0.15, 0.2) is 18.2 Å². The number of nitrogens with zero attached hydrogens (tertiary/aromatic N) is 1. The lowest BCUT2D eigenvalue weighted by atomic mass is 9.83. The van der Waals surface area contributed by atoms with Crippen molar-refractivity contribution in [2.45, 2.75) is 44.7 Å². The highest BCUT2D eigenvalue weighted by atomic mass is 19.4. The molecule has 1 aromatic carbocycles.